The highest BCUT2D eigenvalue weighted by Gasteiger charge is 2.17. The fraction of sp³-hybridized carbons (Fsp3) is 0.167. The van der Waals surface area contributed by atoms with Gasteiger partial charge in [0.15, 0.2) is 17.1 Å². The van der Waals surface area contributed by atoms with Gasteiger partial charge in [-0.3, -0.25) is 4.79 Å². The average Bonchev–Trinajstić information content (AvgIpc) is 3.21. The minimum Gasteiger partial charge on any atom is -0.493 e. The third-order valence-corrected chi connectivity index (χ3v) is 4.84. The predicted molar refractivity (Wildman–Crippen MR) is 118 cm³/mol. The number of anilines is 1. The Labute approximate surface area is 179 Å². The molecule has 0 atom stereocenters. The Bertz CT molecular complexity index is 1240. The fourth-order valence-electron chi connectivity index (χ4n) is 3.30. The van der Waals surface area contributed by atoms with E-state index < -0.39 is 0 Å². The number of methoxy groups -OCH3 is 3. The van der Waals surface area contributed by atoms with Crippen LogP contribution in [0.5, 0.6) is 17.2 Å². The van der Waals surface area contributed by atoms with E-state index in [1.54, 1.807) is 18.2 Å². The molecule has 1 aromatic heterocycles. The number of aromatic nitrogens is 1. The number of oxazole rings is 1. The molecule has 0 saturated heterocycles. The molecule has 0 aliphatic rings. The monoisotopic (exact) mass is 418 g/mol. The molecule has 1 amide bonds. The first kappa shape index (κ1) is 20.3. The standard InChI is InChI=1S/C24H22N2O5/c1-14-8-9-18-19(10-14)31-24(26-18)15-6-5-7-17(11-15)25-23(27)16-12-20(28-2)22(30-4)21(13-16)29-3/h5-13H,1-4H3,(H,25,27). The number of amides is 1. The number of carbonyl (C=O) groups is 1. The molecule has 1 heterocycles. The maximum atomic E-state index is 12.9. The van der Waals surface area contributed by atoms with Gasteiger partial charge in [-0.05, 0) is 55.0 Å². The lowest BCUT2D eigenvalue weighted by molar-refractivity contribution is 0.102. The van der Waals surface area contributed by atoms with E-state index in [-0.39, 0.29) is 5.91 Å². The maximum Gasteiger partial charge on any atom is 0.255 e. The number of nitrogens with one attached hydrogen (secondary N) is 1. The number of hydrogen-bond donors (Lipinski definition) is 1. The van der Waals surface area contributed by atoms with E-state index in [0.717, 1.165) is 22.2 Å². The lowest BCUT2D eigenvalue weighted by Crippen LogP contribution is -2.12. The van der Waals surface area contributed by atoms with E-state index in [1.807, 2.05) is 43.3 Å². The molecular weight excluding hydrogens is 396 g/mol. The molecule has 0 aliphatic carbocycles. The van der Waals surface area contributed by atoms with E-state index in [0.29, 0.717) is 34.4 Å². The van der Waals surface area contributed by atoms with Gasteiger partial charge < -0.3 is 23.9 Å². The average molecular weight is 418 g/mol. The third kappa shape index (κ3) is 4.02. The van der Waals surface area contributed by atoms with Gasteiger partial charge >= 0.3 is 0 Å². The van der Waals surface area contributed by atoms with Gasteiger partial charge in [-0.1, -0.05) is 12.1 Å². The summed E-state index contributed by atoms with van der Waals surface area (Å²) in [5.41, 5.74) is 4.35. The van der Waals surface area contributed by atoms with Gasteiger partial charge in [0.25, 0.3) is 5.91 Å². The number of aryl methyl sites for hydroxylation is 1. The van der Waals surface area contributed by atoms with Crippen molar-refractivity contribution in [2.45, 2.75) is 6.92 Å². The first-order valence-electron chi connectivity index (χ1n) is 9.61. The normalized spacial score (nSPS) is 10.7. The van der Waals surface area contributed by atoms with E-state index in [9.17, 15) is 4.79 Å². The molecular formula is C24H22N2O5. The molecule has 1 N–H and O–H groups in total. The molecule has 3 aromatic carbocycles. The van der Waals surface area contributed by atoms with Crippen molar-refractivity contribution in [2.24, 2.45) is 0 Å². The SMILES string of the molecule is COc1cc(C(=O)Nc2cccc(-c3nc4ccc(C)cc4o3)c2)cc(OC)c1OC. The molecule has 7 nitrogen and oxygen atoms in total. The van der Waals surface area contributed by atoms with E-state index in [2.05, 4.69) is 10.3 Å². The summed E-state index contributed by atoms with van der Waals surface area (Å²) in [7, 11) is 4.52. The minimum absolute atomic E-state index is 0.315. The number of carbonyl (C=O) groups excluding carboxylic acids is 1. The smallest absolute Gasteiger partial charge is 0.255 e. The second kappa shape index (κ2) is 8.39. The van der Waals surface area contributed by atoms with Crippen molar-refractivity contribution in [1.82, 2.24) is 4.98 Å². The molecule has 31 heavy (non-hydrogen) atoms. The first-order chi connectivity index (χ1) is 15.0. The van der Waals surface area contributed by atoms with Crippen LogP contribution >= 0.6 is 0 Å². The van der Waals surface area contributed by atoms with Gasteiger partial charge in [0.1, 0.15) is 5.52 Å². The number of nitrogens with zero attached hydrogens (tertiary/aromatic N) is 1. The number of rotatable bonds is 6. The Balaban J connectivity index is 1.62. The van der Waals surface area contributed by atoms with Crippen LogP contribution in [-0.2, 0) is 0 Å². The summed E-state index contributed by atoms with van der Waals surface area (Å²) in [5, 5.41) is 2.89. The van der Waals surface area contributed by atoms with Crippen molar-refractivity contribution in [3.8, 4) is 28.7 Å². The minimum atomic E-state index is -0.315. The molecule has 0 aliphatic heterocycles. The van der Waals surface area contributed by atoms with Crippen LogP contribution in [0, 0.1) is 6.92 Å². The van der Waals surface area contributed by atoms with E-state index in [4.69, 9.17) is 18.6 Å². The summed E-state index contributed by atoms with van der Waals surface area (Å²) < 4.78 is 21.9. The summed E-state index contributed by atoms with van der Waals surface area (Å²) in [6.07, 6.45) is 0. The topological polar surface area (TPSA) is 82.8 Å². The summed E-state index contributed by atoms with van der Waals surface area (Å²) in [6.45, 7) is 2.00. The molecule has 158 valence electrons. The fourth-order valence-corrected chi connectivity index (χ4v) is 3.30. The number of benzene rings is 3. The third-order valence-electron chi connectivity index (χ3n) is 4.84. The summed E-state index contributed by atoms with van der Waals surface area (Å²) in [6, 6.07) is 16.4. The molecule has 0 radical (unpaired) electrons. The number of hydrogen-bond acceptors (Lipinski definition) is 6. The van der Waals surface area contributed by atoms with Crippen LogP contribution in [0.1, 0.15) is 15.9 Å². The highest BCUT2D eigenvalue weighted by atomic mass is 16.5. The van der Waals surface area contributed by atoms with Gasteiger partial charge in [-0.15, -0.1) is 0 Å². The molecule has 0 bridgehead atoms. The lowest BCUT2D eigenvalue weighted by Gasteiger charge is -2.14. The Morgan fingerprint density at radius 3 is 2.35 bits per heavy atom. The van der Waals surface area contributed by atoms with Crippen molar-refractivity contribution in [3.05, 3.63) is 65.7 Å². The van der Waals surface area contributed by atoms with E-state index in [1.165, 1.54) is 21.3 Å². The van der Waals surface area contributed by atoms with Crippen LogP contribution in [0.2, 0.25) is 0 Å². The lowest BCUT2D eigenvalue weighted by atomic mass is 10.1. The van der Waals surface area contributed by atoms with Gasteiger partial charge in [-0.2, -0.15) is 0 Å². The van der Waals surface area contributed by atoms with Gasteiger partial charge in [-0.25, -0.2) is 4.98 Å². The van der Waals surface area contributed by atoms with Crippen LogP contribution in [0.3, 0.4) is 0 Å². The molecule has 0 saturated carbocycles. The van der Waals surface area contributed by atoms with Crippen LogP contribution in [-0.4, -0.2) is 32.2 Å². The summed E-state index contributed by atoms with van der Waals surface area (Å²) in [5.74, 6) is 1.41. The molecule has 0 unspecified atom stereocenters. The molecule has 0 fully saturated rings. The number of ether oxygens (including phenoxy) is 3. The zero-order valence-corrected chi connectivity index (χ0v) is 17.7. The zero-order chi connectivity index (χ0) is 22.0. The van der Waals surface area contributed by atoms with Gasteiger partial charge in [0.2, 0.25) is 11.6 Å². The van der Waals surface area contributed by atoms with Crippen molar-refractivity contribution in [1.29, 1.82) is 0 Å². The molecule has 7 heteroatoms. The largest absolute Gasteiger partial charge is 0.493 e. The van der Waals surface area contributed by atoms with Gasteiger partial charge in [0, 0.05) is 16.8 Å². The van der Waals surface area contributed by atoms with Crippen molar-refractivity contribution in [2.75, 3.05) is 26.6 Å². The Hall–Kier alpha value is -4.00. The van der Waals surface area contributed by atoms with Crippen molar-refractivity contribution in [3.63, 3.8) is 0 Å². The summed E-state index contributed by atoms with van der Waals surface area (Å²) >= 11 is 0. The van der Waals surface area contributed by atoms with Crippen LogP contribution in [0.4, 0.5) is 5.69 Å². The van der Waals surface area contributed by atoms with Gasteiger partial charge in [0.05, 0.1) is 21.3 Å². The maximum absolute atomic E-state index is 12.9. The van der Waals surface area contributed by atoms with Crippen molar-refractivity contribution >= 4 is 22.7 Å². The second-order valence-corrected chi connectivity index (χ2v) is 6.94. The first-order valence-corrected chi connectivity index (χ1v) is 9.61. The second-order valence-electron chi connectivity index (χ2n) is 6.94. The number of fused-ring (bicyclic) bond motifs is 1. The molecule has 0 spiro atoms. The molecule has 4 rings (SSSR count). The Morgan fingerprint density at radius 1 is 0.935 bits per heavy atom. The quantitative estimate of drug-likeness (QED) is 0.470. The highest BCUT2D eigenvalue weighted by Crippen LogP contribution is 2.38. The molecule has 4 aromatic rings. The summed E-state index contributed by atoms with van der Waals surface area (Å²) in [4.78, 5) is 17.4. The van der Waals surface area contributed by atoms with Crippen molar-refractivity contribution < 1.29 is 23.4 Å². The highest BCUT2D eigenvalue weighted by molar-refractivity contribution is 6.05. The van der Waals surface area contributed by atoms with E-state index >= 15 is 0 Å². The van der Waals surface area contributed by atoms with Crippen LogP contribution < -0.4 is 19.5 Å². The predicted octanol–water partition coefficient (Wildman–Crippen LogP) is 5.08. The van der Waals surface area contributed by atoms with Crippen LogP contribution in [0.15, 0.2) is 59.0 Å². The Morgan fingerprint density at radius 2 is 1.68 bits per heavy atom. The Kier molecular flexibility index (Phi) is 5.49. The zero-order valence-electron chi connectivity index (χ0n) is 17.7. The van der Waals surface area contributed by atoms with Crippen LogP contribution in [0.25, 0.3) is 22.6 Å².